The minimum atomic E-state index is -0.655. The molecule has 0 fully saturated rings. The van der Waals surface area contributed by atoms with E-state index < -0.39 is 10.8 Å². The maximum Gasteiger partial charge on any atom is 0.433 e. The lowest BCUT2D eigenvalue weighted by Crippen LogP contribution is -1.96. The number of methoxy groups -OCH3 is 1. The van der Waals surface area contributed by atoms with E-state index >= 15 is 0 Å². The Hall–Kier alpha value is -4.18. The predicted molar refractivity (Wildman–Crippen MR) is 116 cm³/mol. The van der Waals surface area contributed by atoms with Crippen LogP contribution in [0.2, 0.25) is 0 Å². The summed E-state index contributed by atoms with van der Waals surface area (Å²) in [5.74, 6) is 0.263. The van der Waals surface area contributed by atoms with Crippen LogP contribution in [-0.2, 0) is 0 Å². The fourth-order valence-electron chi connectivity index (χ4n) is 2.71. The standard InChI is InChI=1S/C22H15N3O6S/c1-29-16-9-7-14(8-10-16)17(26)13-19(18-11-12-20(30-18)25(27)28)32-22-24-23-21(31-22)15-5-3-2-4-6-15/h2-13H,1H3. The Morgan fingerprint density at radius 2 is 1.78 bits per heavy atom. The molecule has 2 heterocycles. The van der Waals surface area contributed by atoms with Crippen molar-refractivity contribution in [3.05, 3.63) is 94.2 Å². The number of furan rings is 1. The van der Waals surface area contributed by atoms with E-state index in [-0.39, 0.29) is 21.7 Å². The molecule has 4 aromatic rings. The molecule has 0 spiro atoms. The highest BCUT2D eigenvalue weighted by atomic mass is 32.2. The fourth-order valence-corrected chi connectivity index (χ4v) is 3.48. The second-order valence-electron chi connectivity index (χ2n) is 6.34. The molecule has 2 aromatic heterocycles. The highest BCUT2D eigenvalue weighted by Crippen LogP contribution is 2.37. The predicted octanol–water partition coefficient (Wildman–Crippen LogP) is 5.26. The number of carbonyl (C=O) groups is 1. The Labute approximate surface area is 185 Å². The molecule has 32 heavy (non-hydrogen) atoms. The average Bonchev–Trinajstić information content (AvgIpc) is 3.49. The lowest BCUT2D eigenvalue weighted by atomic mass is 10.1. The second-order valence-corrected chi connectivity index (χ2v) is 7.33. The molecule has 160 valence electrons. The SMILES string of the molecule is COc1ccc(C(=O)C=C(Sc2nnc(-c3ccccc3)o2)c2ccc([N+](=O)[O-])o2)cc1. The van der Waals surface area contributed by atoms with Gasteiger partial charge in [-0.25, -0.2) is 0 Å². The smallest absolute Gasteiger partial charge is 0.433 e. The third-order valence-electron chi connectivity index (χ3n) is 4.28. The van der Waals surface area contributed by atoms with Gasteiger partial charge in [0.1, 0.15) is 16.4 Å². The van der Waals surface area contributed by atoms with Crippen molar-refractivity contribution in [1.29, 1.82) is 0 Å². The van der Waals surface area contributed by atoms with Crippen molar-refractivity contribution in [1.82, 2.24) is 10.2 Å². The van der Waals surface area contributed by atoms with E-state index in [4.69, 9.17) is 13.6 Å². The van der Waals surface area contributed by atoms with Crippen molar-refractivity contribution >= 4 is 28.3 Å². The van der Waals surface area contributed by atoms with Crippen LogP contribution in [0.3, 0.4) is 0 Å². The van der Waals surface area contributed by atoms with E-state index in [2.05, 4.69) is 10.2 Å². The molecule has 0 radical (unpaired) electrons. The molecule has 4 rings (SSSR count). The highest BCUT2D eigenvalue weighted by Gasteiger charge is 2.20. The number of allylic oxidation sites excluding steroid dienone is 1. The third-order valence-corrected chi connectivity index (χ3v) is 5.15. The van der Waals surface area contributed by atoms with E-state index in [1.54, 1.807) is 24.3 Å². The van der Waals surface area contributed by atoms with Gasteiger partial charge < -0.3 is 13.6 Å². The van der Waals surface area contributed by atoms with Crippen molar-refractivity contribution in [2.45, 2.75) is 5.22 Å². The molecule has 0 amide bonds. The number of nitro groups is 1. The molecule has 0 aliphatic rings. The first-order chi connectivity index (χ1) is 15.5. The van der Waals surface area contributed by atoms with E-state index in [1.807, 2.05) is 30.3 Å². The molecule has 0 saturated carbocycles. The van der Waals surface area contributed by atoms with Crippen molar-refractivity contribution < 1.29 is 23.3 Å². The zero-order valence-electron chi connectivity index (χ0n) is 16.6. The Kier molecular flexibility index (Phi) is 6.13. The minimum Gasteiger partial charge on any atom is -0.497 e. The lowest BCUT2D eigenvalue weighted by Gasteiger charge is -2.03. The molecule has 0 atom stereocenters. The van der Waals surface area contributed by atoms with Gasteiger partial charge in [-0.1, -0.05) is 18.2 Å². The number of hydrogen-bond acceptors (Lipinski definition) is 9. The molecule has 0 aliphatic heterocycles. The largest absolute Gasteiger partial charge is 0.497 e. The zero-order valence-corrected chi connectivity index (χ0v) is 17.4. The van der Waals surface area contributed by atoms with Crippen LogP contribution in [0.25, 0.3) is 16.4 Å². The topological polar surface area (TPSA) is 122 Å². The maximum atomic E-state index is 12.8. The van der Waals surface area contributed by atoms with E-state index in [0.29, 0.717) is 17.2 Å². The van der Waals surface area contributed by atoms with Crippen LogP contribution in [0.4, 0.5) is 5.88 Å². The van der Waals surface area contributed by atoms with Crippen LogP contribution in [-0.4, -0.2) is 28.0 Å². The van der Waals surface area contributed by atoms with Gasteiger partial charge in [-0.05, 0) is 54.2 Å². The van der Waals surface area contributed by atoms with Crippen LogP contribution >= 0.6 is 11.8 Å². The third kappa shape index (κ3) is 4.76. The van der Waals surface area contributed by atoms with Crippen molar-refractivity contribution in [2.24, 2.45) is 0 Å². The number of benzene rings is 2. The number of thioether (sulfide) groups is 1. The summed E-state index contributed by atoms with van der Waals surface area (Å²) in [6.07, 6.45) is 1.31. The van der Waals surface area contributed by atoms with E-state index in [1.165, 1.54) is 25.3 Å². The van der Waals surface area contributed by atoms with Crippen molar-refractivity contribution in [2.75, 3.05) is 7.11 Å². The Balaban J connectivity index is 1.66. The molecule has 0 aliphatic carbocycles. The number of ketones is 1. The van der Waals surface area contributed by atoms with Crippen LogP contribution in [0, 0.1) is 10.1 Å². The average molecular weight is 449 g/mol. The van der Waals surface area contributed by atoms with Gasteiger partial charge in [-0.3, -0.25) is 14.9 Å². The Morgan fingerprint density at radius 1 is 1.03 bits per heavy atom. The number of hydrogen-bond donors (Lipinski definition) is 0. The molecule has 2 aromatic carbocycles. The molecule has 0 unspecified atom stereocenters. The molecule has 0 N–H and O–H groups in total. The van der Waals surface area contributed by atoms with Crippen LogP contribution in [0.15, 0.2) is 86.9 Å². The van der Waals surface area contributed by atoms with Crippen molar-refractivity contribution in [3.8, 4) is 17.2 Å². The molecule has 0 bridgehead atoms. The summed E-state index contributed by atoms with van der Waals surface area (Å²) in [6, 6.07) is 18.4. The number of rotatable bonds is 8. The van der Waals surface area contributed by atoms with Gasteiger partial charge >= 0.3 is 5.88 Å². The maximum absolute atomic E-state index is 12.8. The van der Waals surface area contributed by atoms with Gasteiger partial charge in [-0.15, -0.1) is 10.2 Å². The van der Waals surface area contributed by atoms with Gasteiger partial charge in [0, 0.05) is 17.2 Å². The summed E-state index contributed by atoms with van der Waals surface area (Å²) in [6.45, 7) is 0. The van der Waals surface area contributed by atoms with Crippen LogP contribution < -0.4 is 4.74 Å². The molecule has 10 heteroatoms. The van der Waals surface area contributed by atoms with Gasteiger partial charge in [0.15, 0.2) is 5.78 Å². The first kappa shape index (κ1) is 21.1. The first-order valence-corrected chi connectivity index (χ1v) is 10.1. The monoisotopic (exact) mass is 449 g/mol. The van der Waals surface area contributed by atoms with Gasteiger partial charge in [0.2, 0.25) is 5.89 Å². The molecular weight excluding hydrogens is 434 g/mol. The quantitative estimate of drug-likeness (QED) is 0.116. The summed E-state index contributed by atoms with van der Waals surface area (Å²) < 4.78 is 16.1. The van der Waals surface area contributed by atoms with Crippen LogP contribution in [0.5, 0.6) is 5.75 Å². The second kappa shape index (κ2) is 9.31. The summed E-state index contributed by atoms with van der Waals surface area (Å²) >= 11 is 0.972. The van der Waals surface area contributed by atoms with E-state index in [9.17, 15) is 14.9 Å². The lowest BCUT2D eigenvalue weighted by molar-refractivity contribution is -0.402. The Bertz CT molecular complexity index is 1280. The number of nitrogens with zero attached hydrogens (tertiary/aromatic N) is 3. The van der Waals surface area contributed by atoms with E-state index in [0.717, 1.165) is 17.3 Å². The molecule has 9 nitrogen and oxygen atoms in total. The minimum absolute atomic E-state index is 0.128. The van der Waals surface area contributed by atoms with Gasteiger partial charge in [-0.2, -0.15) is 0 Å². The molecule has 0 saturated heterocycles. The normalized spacial score (nSPS) is 11.3. The fraction of sp³-hybridized carbons (Fsp3) is 0.0455. The Morgan fingerprint density at radius 3 is 2.44 bits per heavy atom. The van der Waals surface area contributed by atoms with Gasteiger partial charge in [0.25, 0.3) is 5.22 Å². The summed E-state index contributed by atoms with van der Waals surface area (Å²) in [4.78, 5) is 23.5. The first-order valence-electron chi connectivity index (χ1n) is 9.25. The number of aromatic nitrogens is 2. The summed E-state index contributed by atoms with van der Waals surface area (Å²) in [7, 11) is 1.53. The van der Waals surface area contributed by atoms with Gasteiger partial charge in [0.05, 0.1) is 18.1 Å². The number of ether oxygens (including phenoxy) is 1. The molecular formula is C22H15N3O6S. The van der Waals surface area contributed by atoms with Crippen LogP contribution in [0.1, 0.15) is 16.1 Å². The van der Waals surface area contributed by atoms with Crippen molar-refractivity contribution in [3.63, 3.8) is 0 Å². The zero-order chi connectivity index (χ0) is 22.5. The summed E-state index contributed by atoms with van der Waals surface area (Å²) in [5, 5.41) is 19.2. The number of carbonyl (C=O) groups excluding carboxylic acids is 1. The summed E-state index contributed by atoms with van der Waals surface area (Å²) in [5.41, 5.74) is 1.14. The highest BCUT2D eigenvalue weighted by molar-refractivity contribution is 8.08.